The molecule has 0 fully saturated rings. The van der Waals surface area contributed by atoms with Crippen LogP contribution in [0.25, 0.3) is 0 Å². The lowest BCUT2D eigenvalue weighted by Gasteiger charge is -1.91. The maximum Gasteiger partial charge on any atom is 0.150 e. The first-order valence-electron chi connectivity index (χ1n) is 6.69. The molecule has 0 bridgehead atoms. The average Bonchev–Trinajstić information content (AvgIpc) is 2.47. The van der Waals surface area contributed by atoms with E-state index in [2.05, 4.69) is 11.8 Å². The average molecular weight is 210 g/mol. The fourth-order valence-corrected chi connectivity index (χ4v) is 1.10. The van der Waals surface area contributed by atoms with Crippen molar-refractivity contribution >= 4 is 6.29 Å². The number of benzene rings is 2. The van der Waals surface area contributed by atoms with E-state index in [1.807, 2.05) is 18.2 Å². The first kappa shape index (κ1) is 6.30. The summed E-state index contributed by atoms with van der Waals surface area (Å²) in [5.41, 5.74) is 0.462. The standard InChI is InChI=1S/C15H10O/c16-12-15-10-8-14(9-11-15)7-6-13-4-2-1-3-5-13/h1-5,8-12H/i8D,9D,10D,11D. The molecule has 0 radical (unpaired) electrons. The second kappa shape index (κ2) is 4.95. The molecule has 0 N–H and O–H groups in total. The van der Waals surface area contributed by atoms with Gasteiger partial charge >= 0.3 is 0 Å². The van der Waals surface area contributed by atoms with Crippen molar-refractivity contribution in [1.82, 2.24) is 0 Å². The van der Waals surface area contributed by atoms with Crippen molar-refractivity contribution in [1.29, 1.82) is 0 Å². The Labute approximate surface area is 100 Å². The lowest BCUT2D eigenvalue weighted by molar-refractivity contribution is 0.112. The summed E-state index contributed by atoms with van der Waals surface area (Å²) in [6, 6.07) is 7.72. The quantitative estimate of drug-likeness (QED) is 0.522. The maximum atomic E-state index is 10.8. The molecule has 0 saturated heterocycles. The van der Waals surface area contributed by atoms with Crippen LogP contribution in [0.4, 0.5) is 0 Å². The smallest absolute Gasteiger partial charge is 0.150 e. The normalized spacial score (nSPS) is 12.5. The molecule has 1 heteroatoms. The number of aldehydes is 1. The maximum absolute atomic E-state index is 10.8. The Balaban J connectivity index is 2.60. The van der Waals surface area contributed by atoms with Crippen molar-refractivity contribution < 1.29 is 10.3 Å². The van der Waals surface area contributed by atoms with Gasteiger partial charge in [-0.15, -0.1) is 0 Å². The summed E-state index contributed by atoms with van der Waals surface area (Å²) in [6.07, 6.45) is 0.329. The van der Waals surface area contributed by atoms with Gasteiger partial charge in [0, 0.05) is 16.7 Å². The van der Waals surface area contributed by atoms with Gasteiger partial charge in [-0.3, -0.25) is 4.79 Å². The summed E-state index contributed by atoms with van der Waals surface area (Å²) in [7, 11) is 0. The molecule has 0 aliphatic carbocycles. The van der Waals surface area contributed by atoms with Gasteiger partial charge in [-0.1, -0.05) is 42.1 Å². The molecule has 0 aliphatic rings. The van der Waals surface area contributed by atoms with Crippen molar-refractivity contribution in [3.63, 3.8) is 0 Å². The zero-order valence-corrected chi connectivity index (χ0v) is 8.37. The molecular formula is C15H10O. The fourth-order valence-electron chi connectivity index (χ4n) is 1.10. The Bertz CT molecular complexity index is 698. The summed E-state index contributed by atoms with van der Waals surface area (Å²) in [5.74, 6) is 5.44. The molecule has 0 saturated carbocycles. The van der Waals surface area contributed by atoms with E-state index < -0.39 is 0 Å². The summed E-state index contributed by atoms with van der Waals surface area (Å²) in [5, 5.41) is 0. The molecule has 16 heavy (non-hydrogen) atoms. The van der Waals surface area contributed by atoms with Crippen molar-refractivity contribution in [2.45, 2.75) is 0 Å². The molecule has 0 amide bonds. The Hall–Kier alpha value is -2.33. The Morgan fingerprint density at radius 1 is 0.938 bits per heavy atom. The highest BCUT2D eigenvalue weighted by Crippen LogP contribution is 2.01. The molecule has 0 spiro atoms. The van der Waals surface area contributed by atoms with Gasteiger partial charge in [0.05, 0.1) is 5.48 Å². The molecule has 1 nitrogen and oxygen atoms in total. The highest BCUT2D eigenvalue weighted by atomic mass is 16.1. The SMILES string of the molecule is [2H]c1c([2H])c(C=O)c([2H])c([2H])c1C#Cc1ccccc1. The second-order valence-corrected chi connectivity index (χ2v) is 3.02. The molecule has 76 valence electrons. The molecule has 0 aromatic heterocycles. The van der Waals surface area contributed by atoms with Gasteiger partial charge in [-0.25, -0.2) is 0 Å². The summed E-state index contributed by atoms with van der Waals surface area (Å²) in [4.78, 5) is 10.8. The highest BCUT2D eigenvalue weighted by molar-refractivity contribution is 5.74. The van der Waals surface area contributed by atoms with Crippen LogP contribution in [0.1, 0.15) is 27.0 Å². The van der Waals surface area contributed by atoms with Gasteiger partial charge < -0.3 is 0 Å². The fraction of sp³-hybridized carbons (Fsp3) is 0. The first-order valence-corrected chi connectivity index (χ1v) is 4.69. The zero-order chi connectivity index (χ0) is 14.7. The van der Waals surface area contributed by atoms with Gasteiger partial charge in [0.2, 0.25) is 0 Å². The third kappa shape index (κ3) is 2.59. The Kier molecular flexibility index (Phi) is 1.95. The largest absolute Gasteiger partial charge is 0.298 e. The number of carbonyl (C=O) groups is 1. The lowest BCUT2D eigenvalue weighted by Crippen LogP contribution is -1.80. The van der Waals surface area contributed by atoms with E-state index in [9.17, 15) is 4.79 Å². The minimum Gasteiger partial charge on any atom is -0.298 e. The van der Waals surface area contributed by atoms with Crippen LogP contribution in [-0.4, -0.2) is 6.29 Å². The second-order valence-electron chi connectivity index (χ2n) is 3.02. The molecule has 0 unspecified atom stereocenters. The lowest BCUT2D eigenvalue weighted by atomic mass is 10.1. The van der Waals surface area contributed by atoms with E-state index in [0.717, 1.165) is 0 Å². The summed E-state index contributed by atoms with van der Waals surface area (Å²) < 4.78 is 30.9. The van der Waals surface area contributed by atoms with Crippen LogP contribution in [0.2, 0.25) is 0 Å². The number of hydrogen-bond donors (Lipinski definition) is 0. The summed E-state index contributed by atoms with van der Waals surface area (Å²) >= 11 is 0. The van der Waals surface area contributed by atoms with Gasteiger partial charge in [-0.05, 0) is 24.2 Å². The minimum atomic E-state index is -0.363. The summed E-state index contributed by atoms with van der Waals surface area (Å²) in [6.45, 7) is 0. The minimum absolute atomic E-state index is 0.00514. The first-order chi connectivity index (χ1) is 9.56. The zero-order valence-electron chi connectivity index (χ0n) is 12.4. The predicted octanol–water partition coefficient (Wildman–Crippen LogP) is 2.90. The molecule has 0 atom stereocenters. The van der Waals surface area contributed by atoms with E-state index in [0.29, 0.717) is 11.8 Å². The third-order valence-corrected chi connectivity index (χ3v) is 1.87. The molecule has 2 aromatic carbocycles. The Morgan fingerprint density at radius 2 is 1.56 bits per heavy atom. The van der Waals surface area contributed by atoms with Crippen molar-refractivity contribution in [2.75, 3.05) is 0 Å². The number of carbonyl (C=O) groups excluding carboxylic acids is 1. The molecule has 2 aromatic rings. The van der Waals surface area contributed by atoms with Crippen LogP contribution in [0.15, 0.2) is 54.5 Å². The Morgan fingerprint density at radius 3 is 2.19 bits per heavy atom. The van der Waals surface area contributed by atoms with E-state index in [1.165, 1.54) is 0 Å². The van der Waals surface area contributed by atoms with Gasteiger partial charge in [0.1, 0.15) is 6.29 Å². The predicted molar refractivity (Wildman–Crippen MR) is 64.3 cm³/mol. The van der Waals surface area contributed by atoms with Gasteiger partial charge in [0.25, 0.3) is 0 Å². The van der Waals surface area contributed by atoms with E-state index in [-0.39, 0.29) is 35.3 Å². The van der Waals surface area contributed by atoms with E-state index in [1.54, 1.807) is 12.1 Å². The third-order valence-electron chi connectivity index (χ3n) is 1.87. The van der Waals surface area contributed by atoms with Crippen LogP contribution in [0, 0.1) is 11.8 Å². The van der Waals surface area contributed by atoms with E-state index in [4.69, 9.17) is 5.48 Å². The van der Waals surface area contributed by atoms with Crippen LogP contribution < -0.4 is 0 Å². The monoisotopic (exact) mass is 210 g/mol. The van der Waals surface area contributed by atoms with E-state index >= 15 is 0 Å². The van der Waals surface area contributed by atoms with Crippen molar-refractivity contribution in [2.24, 2.45) is 0 Å². The van der Waals surface area contributed by atoms with Crippen molar-refractivity contribution in [3.05, 3.63) is 71.2 Å². The number of rotatable bonds is 1. The topological polar surface area (TPSA) is 17.1 Å². The van der Waals surface area contributed by atoms with Crippen molar-refractivity contribution in [3.8, 4) is 11.8 Å². The van der Waals surface area contributed by atoms with Gasteiger partial charge in [0.15, 0.2) is 0 Å². The molecule has 0 heterocycles. The van der Waals surface area contributed by atoms with Crippen LogP contribution in [-0.2, 0) is 0 Å². The van der Waals surface area contributed by atoms with Crippen LogP contribution in [0.5, 0.6) is 0 Å². The van der Waals surface area contributed by atoms with Gasteiger partial charge in [-0.2, -0.15) is 0 Å². The highest BCUT2D eigenvalue weighted by Gasteiger charge is 1.89. The molecule has 0 aliphatic heterocycles. The number of hydrogen-bond acceptors (Lipinski definition) is 1. The molecule has 2 rings (SSSR count). The molecular weight excluding hydrogens is 196 g/mol. The van der Waals surface area contributed by atoms with Crippen LogP contribution in [0.3, 0.4) is 0 Å². The van der Waals surface area contributed by atoms with Crippen LogP contribution >= 0.6 is 0 Å².